The van der Waals surface area contributed by atoms with E-state index in [2.05, 4.69) is 10.1 Å². The highest BCUT2D eigenvalue weighted by Crippen LogP contribution is 2.15. The van der Waals surface area contributed by atoms with Crippen molar-refractivity contribution in [3.8, 4) is 5.69 Å². The molecule has 0 aromatic carbocycles. The lowest BCUT2D eigenvalue weighted by Gasteiger charge is -2.07. The van der Waals surface area contributed by atoms with Crippen molar-refractivity contribution in [1.82, 2.24) is 14.8 Å². The normalized spacial score (nSPS) is 12.7. The van der Waals surface area contributed by atoms with Crippen LogP contribution in [0.25, 0.3) is 5.69 Å². The van der Waals surface area contributed by atoms with Crippen molar-refractivity contribution >= 4 is 0 Å². The van der Waals surface area contributed by atoms with E-state index >= 15 is 0 Å². The summed E-state index contributed by atoms with van der Waals surface area (Å²) < 4.78 is 1.77. The number of aliphatic hydroxyl groups excluding tert-OH is 1. The highest BCUT2D eigenvalue weighted by molar-refractivity contribution is 5.29. The van der Waals surface area contributed by atoms with Gasteiger partial charge in [-0.2, -0.15) is 5.10 Å². The van der Waals surface area contributed by atoms with Gasteiger partial charge >= 0.3 is 0 Å². The van der Waals surface area contributed by atoms with Crippen LogP contribution in [-0.4, -0.2) is 19.9 Å². The second-order valence-electron chi connectivity index (χ2n) is 3.77. The Morgan fingerprint density at radius 3 is 2.69 bits per heavy atom. The molecule has 0 amide bonds. The van der Waals surface area contributed by atoms with E-state index in [-0.39, 0.29) is 0 Å². The smallest absolute Gasteiger partial charge is 0.0957 e. The lowest BCUT2D eigenvalue weighted by molar-refractivity contribution is 0.169. The molecule has 1 N–H and O–H groups in total. The Labute approximate surface area is 94.6 Å². The zero-order chi connectivity index (χ0) is 11.5. The molecule has 16 heavy (non-hydrogen) atoms. The maximum Gasteiger partial charge on any atom is 0.0957 e. The summed E-state index contributed by atoms with van der Waals surface area (Å²) >= 11 is 0. The van der Waals surface area contributed by atoms with E-state index in [9.17, 15) is 5.11 Å². The van der Waals surface area contributed by atoms with Gasteiger partial charge in [-0.1, -0.05) is 6.92 Å². The van der Waals surface area contributed by atoms with Crippen LogP contribution in [0.15, 0.2) is 30.6 Å². The molecule has 0 saturated heterocycles. The SMILES string of the molecule is CCC(O)c1ccc(-n2ccc(C)n2)cn1. The molecule has 0 radical (unpaired) electrons. The van der Waals surface area contributed by atoms with Crippen LogP contribution in [0.2, 0.25) is 0 Å². The van der Waals surface area contributed by atoms with Gasteiger partial charge in [-0.3, -0.25) is 4.98 Å². The van der Waals surface area contributed by atoms with Crippen LogP contribution in [0.1, 0.15) is 30.8 Å². The van der Waals surface area contributed by atoms with Crippen molar-refractivity contribution in [2.45, 2.75) is 26.4 Å². The zero-order valence-corrected chi connectivity index (χ0v) is 9.46. The number of aryl methyl sites for hydroxylation is 1. The summed E-state index contributed by atoms with van der Waals surface area (Å²) in [6, 6.07) is 5.68. The summed E-state index contributed by atoms with van der Waals surface area (Å²) in [6.07, 6.45) is 3.81. The van der Waals surface area contributed by atoms with E-state index in [1.165, 1.54) is 0 Å². The van der Waals surface area contributed by atoms with Gasteiger partial charge in [-0.25, -0.2) is 4.68 Å². The van der Waals surface area contributed by atoms with Crippen LogP contribution in [0, 0.1) is 6.92 Å². The molecule has 1 unspecified atom stereocenters. The van der Waals surface area contributed by atoms with E-state index in [0.29, 0.717) is 12.1 Å². The summed E-state index contributed by atoms with van der Waals surface area (Å²) in [7, 11) is 0. The first-order chi connectivity index (χ1) is 7.70. The monoisotopic (exact) mass is 217 g/mol. The molecule has 2 aromatic rings. The largest absolute Gasteiger partial charge is 0.387 e. The van der Waals surface area contributed by atoms with Crippen molar-refractivity contribution in [3.63, 3.8) is 0 Å². The van der Waals surface area contributed by atoms with Crippen molar-refractivity contribution < 1.29 is 5.11 Å². The number of aliphatic hydroxyl groups is 1. The van der Waals surface area contributed by atoms with Gasteiger partial charge in [-0.15, -0.1) is 0 Å². The average Bonchev–Trinajstić information content (AvgIpc) is 2.75. The van der Waals surface area contributed by atoms with E-state index in [1.807, 2.05) is 38.2 Å². The van der Waals surface area contributed by atoms with Crippen LogP contribution in [0.4, 0.5) is 0 Å². The Hall–Kier alpha value is -1.68. The van der Waals surface area contributed by atoms with E-state index < -0.39 is 6.10 Å². The fraction of sp³-hybridized carbons (Fsp3) is 0.333. The molecule has 0 saturated carbocycles. The lowest BCUT2D eigenvalue weighted by atomic mass is 10.2. The molecule has 84 valence electrons. The number of pyridine rings is 1. The average molecular weight is 217 g/mol. The molecule has 2 aromatic heterocycles. The molecule has 2 heterocycles. The third-order valence-corrected chi connectivity index (χ3v) is 2.49. The Morgan fingerprint density at radius 2 is 2.19 bits per heavy atom. The number of hydrogen-bond donors (Lipinski definition) is 1. The van der Waals surface area contributed by atoms with Gasteiger partial charge < -0.3 is 5.11 Å². The van der Waals surface area contributed by atoms with Crippen LogP contribution in [0.5, 0.6) is 0 Å². The van der Waals surface area contributed by atoms with Gasteiger partial charge in [0.15, 0.2) is 0 Å². The molecule has 2 rings (SSSR count). The van der Waals surface area contributed by atoms with Crippen molar-refractivity contribution in [2.75, 3.05) is 0 Å². The summed E-state index contributed by atoms with van der Waals surface area (Å²) in [6.45, 7) is 3.87. The second kappa shape index (κ2) is 4.45. The molecule has 1 atom stereocenters. The molecule has 0 fully saturated rings. The lowest BCUT2D eigenvalue weighted by Crippen LogP contribution is -2.01. The number of aromatic nitrogens is 3. The van der Waals surface area contributed by atoms with Crippen LogP contribution < -0.4 is 0 Å². The predicted molar refractivity (Wildman–Crippen MR) is 61.3 cm³/mol. The maximum absolute atomic E-state index is 9.61. The minimum atomic E-state index is -0.478. The standard InChI is InChI=1S/C12H15N3O/c1-3-12(16)11-5-4-10(8-13-11)15-7-6-9(2)14-15/h4-8,12,16H,3H2,1-2H3. The summed E-state index contributed by atoms with van der Waals surface area (Å²) in [5.74, 6) is 0. The van der Waals surface area contributed by atoms with E-state index in [4.69, 9.17) is 0 Å². The second-order valence-corrected chi connectivity index (χ2v) is 3.77. The Morgan fingerprint density at radius 1 is 1.38 bits per heavy atom. The van der Waals surface area contributed by atoms with Gasteiger partial charge in [0.25, 0.3) is 0 Å². The number of hydrogen-bond acceptors (Lipinski definition) is 3. The van der Waals surface area contributed by atoms with Crippen molar-refractivity contribution in [1.29, 1.82) is 0 Å². The first-order valence-corrected chi connectivity index (χ1v) is 5.37. The molecular weight excluding hydrogens is 202 g/mol. The van der Waals surface area contributed by atoms with Gasteiger partial charge in [0.1, 0.15) is 0 Å². The molecular formula is C12H15N3O. The van der Waals surface area contributed by atoms with Crippen LogP contribution in [0.3, 0.4) is 0 Å². The Balaban J connectivity index is 2.25. The molecule has 4 nitrogen and oxygen atoms in total. The van der Waals surface area contributed by atoms with Gasteiger partial charge in [0.05, 0.1) is 29.4 Å². The first-order valence-electron chi connectivity index (χ1n) is 5.37. The molecule has 0 bridgehead atoms. The Bertz CT molecular complexity index is 461. The molecule has 0 spiro atoms. The van der Waals surface area contributed by atoms with Crippen LogP contribution >= 0.6 is 0 Å². The molecule has 0 aliphatic rings. The van der Waals surface area contributed by atoms with Crippen molar-refractivity contribution in [2.24, 2.45) is 0 Å². The van der Waals surface area contributed by atoms with E-state index in [0.717, 1.165) is 11.4 Å². The predicted octanol–water partition coefficient (Wildman–Crippen LogP) is 2.02. The van der Waals surface area contributed by atoms with Gasteiger partial charge in [0.2, 0.25) is 0 Å². The topological polar surface area (TPSA) is 50.9 Å². The first kappa shape index (κ1) is 10.8. The number of rotatable bonds is 3. The zero-order valence-electron chi connectivity index (χ0n) is 9.46. The van der Waals surface area contributed by atoms with Gasteiger partial charge in [0, 0.05) is 6.20 Å². The summed E-state index contributed by atoms with van der Waals surface area (Å²) in [5, 5.41) is 13.9. The minimum absolute atomic E-state index is 0.478. The highest BCUT2D eigenvalue weighted by Gasteiger charge is 2.06. The fourth-order valence-electron chi connectivity index (χ4n) is 1.50. The van der Waals surface area contributed by atoms with E-state index in [1.54, 1.807) is 10.9 Å². The summed E-state index contributed by atoms with van der Waals surface area (Å²) in [5.41, 5.74) is 2.58. The molecule has 4 heteroatoms. The van der Waals surface area contributed by atoms with Crippen molar-refractivity contribution in [3.05, 3.63) is 42.0 Å². The molecule has 0 aliphatic carbocycles. The quantitative estimate of drug-likeness (QED) is 0.855. The third kappa shape index (κ3) is 2.12. The minimum Gasteiger partial charge on any atom is -0.387 e. The van der Waals surface area contributed by atoms with Crippen LogP contribution in [-0.2, 0) is 0 Å². The fourth-order valence-corrected chi connectivity index (χ4v) is 1.50. The number of nitrogens with zero attached hydrogens (tertiary/aromatic N) is 3. The highest BCUT2D eigenvalue weighted by atomic mass is 16.3. The third-order valence-electron chi connectivity index (χ3n) is 2.49. The summed E-state index contributed by atoms with van der Waals surface area (Å²) in [4.78, 5) is 4.22. The van der Waals surface area contributed by atoms with Gasteiger partial charge in [-0.05, 0) is 31.5 Å². The maximum atomic E-state index is 9.61. The molecule has 0 aliphatic heterocycles. The Kier molecular flexibility index (Phi) is 3.01.